The lowest BCUT2D eigenvalue weighted by Gasteiger charge is -2.08. The topological polar surface area (TPSA) is 79.8 Å². The van der Waals surface area contributed by atoms with Crippen molar-refractivity contribution in [3.8, 4) is 5.75 Å². The molecule has 0 radical (unpaired) electrons. The van der Waals surface area contributed by atoms with E-state index >= 15 is 0 Å². The summed E-state index contributed by atoms with van der Waals surface area (Å²) in [5.41, 5.74) is 5.06. The van der Waals surface area contributed by atoms with Crippen molar-refractivity contribution < 1.29 is 18.7 Å². The Labute approximate surface area is 190 Å². The number of aryl methyl sites for hydroxylation is 1. The summed E-state index contributed by atoms with van der Waals surface area (Å²) < 4.78 is 19.2. The first-order chi connectivity index (χ1) is 15.3. The number of nitrogens with zero attached hydrogens (tertiary/aromatic N) is 1. The third kappa shape index (κ3) is 6.15. The average molecular weight is 454 g/mol. The Balaban J connectivity index is 1.53. The highest BCUT2D eigenvalue weighted by Gasteiger charge is 2.11. The summed E-state index contributed by atoms with van der Waals surface area (Å²) in [6.07, 6.45) is 0. The molecule has 32 heavy (non-hydrogen) atoms. The number of carbonyl (C=O) groups excluding carboxylic acids is 2. The summed E-state index contributed by atoms with van der Waals surface area (Å²) >= 11 is 5.97. The average Bonchev–Trinajstić information content (AvgIpc) is 2.79. The first-order valence-corrected chi connectivity index (χ1v) is 10.1. The van der Waals surface area contributed by atoms with Gasteiger partial charge in [0.25, 0.3) is 11.8 Å². The normalized spacial score (nSPS) is 11.1. The van der Waals surface area contributed by atoms with Gasteiger partial charge in [-0.25, -0.2) is 9.82 Å². The van der Waals surface area contributed by atoms with Gasteiger partial charge in [0.05, 0.1) is 11.3 Å². The number of nitrogens with one attached hydrogen (secondary N) is 2. The maximum absolute atomic E-state index is 13.7. The number of carbonyl (C=O) groups is 2. The van der Waals surface area contributed by atoms with Gasteiger partial charge in [0, 0.05) is 10.7 Å². The van der Waals surface area contributed by atoms with Crippen LogP contribution in [-0.2, 0) is 4.79 Å². The molecule has 3 aromatic rings. The molecular weight excluding hydrogens is 433 g/mol. The molecule has 3 aromatic carbocycles. The molecule has 3 rings (SSSR count). The third-order valence-corrected chi connectivity index (χ3v) is 4.95. The van der Waals surface area contributed by atoms with E-state index in [1.54, 1.807) is 55.5 Å². The van der Waals surface area contributed by atoms with Gasteiger partial charge in [0.2, 0.25) is 0 Å². The van der Waals surface area contributed by atoms with E-state index in [1.807, 2.05) is 6.92 Å². The summed E-state index contributed by atoms with van der Waals surface area (Å²) in [5, 5.41) is 7.33. The van der Waals surface area contributed by atoms with E-state index in [0.717, 1.165) is 11.1 Å². The number of rotatable bonds is 7. The lowest BCUT2D eigenvalue weighted by molar-refractivity contribution is -0.123. The molecule has 2 N–H and O–H groups in total. The molecule has 2 amide bonds. The van der Waals surface area contributed by atoms with E-state index in [4.69, 9.17) is 16.3 Å². The number of anilines is 1. The smallest absolute Gasteiger partial charge is 0.277 e. The molecule has 0 heterocycles. The van der Waals surface area contributed by atoms with Crippen LogP contribution in [0.25, 0.3) is 0 Å². The molecule has 0 atom stereocenters. The molecule has 0 unspecified atom stereocenters. The highest BCUT2D eigenvalue weighted by molar-refractivity contribution is 6.31. The first kappa shape index (κ1) is 23.0. The quantitative estimate of drug-likeness (QED) is 0.392. The van der Waals surface area contributed by atoms with Crippen molar-refractivity contribution in [2.45, 2.75) is 13.8 Å². The number of hydrazone groups is 1. The summed E-state index contributed by atoms with van der Waals surface area (Å²) in [4.78, 5) is 24.2. The molecule has 164 valence electrons. The maximum atomic E-state index is 13.7. The zero-order chi connectivity index (χ0) is 23.1. The Hall–Kier alpha value is -3.71. The number of hydrogen-bond donors (Lipinski definition) is 2. The fraction of sp³-hybridized carbons (Fsp3) is 0.125. The molecule has 0 aliphatic heterocycles. The summed E-state index contributed by atoms with van der Waals surface area (Å²) in [6, 6.07) is 17.7. The van der Waals surface area contributed by atoms with Gasteiger partial charge in [-0.1, -0.05) is 35.9 Å². The minimum atomic E-state index is -0.587. The van der Waals surface area contributed by atoms with Crippen molar-refractivity contribution in [3.05, 3.63) is 94.3 Å². The van der Waals surface area contributed by atoms with Gasteiger partial charge in [0.1, 0.15) is 11.6 Å². The van der Waals surface area contributed by atoms with E-state index in [9.17, 15) is 14.0 Å². The number of halogens is 2. The Bertz CT molecular complexity index is 1160. The van der Waals surface area contributed by atoms with Crippen LogP contribution < -0.4 is 15.5 Å². The van der Waals surface area contributed by atoms with Crippen molar-refractivity contribution in [1.29, 1.82) is 0 Å². The molecule has 0 saturated heterocycles. The van der Waals surface area contributed by atoms with Crippen LogP contribution in [0.2, 0.25) is 5.02 Å². The molecule has 8 heteroatoms. The monoisotopic (exact) mass is 453 g/mol. The highest BCUT2D eigenvalue weighted by Crippen LogP contribution is 2.21. The van der Waals surface area contributed by atoms with Crippen molar-refractivity contribution in [2.24, 2.45) is 5.10 Å². The molecule has 0 bridgehead atoms. The van der Waals surface area contributed by atoms with E-state index in [0.29, 0.717) is 22.2 Å². The Morgan fingerprint density at radius 2 is 1.78 bits per heavy atom. The highest BCUT2D eigenvalue weighted by atomic mass is 35.5. The zero-order valence-electron chi connectivity index (χ0n) is 17.5. The number of benzene rings is 3. The van der Waals surface area contributed by atoms with Crippen LogP contribution >= 0.6 is 11.6 Å². The Kier molecular flexibility index (Phi) is 7.57. The minimum absolute atomic E-state index is 0.0342. The van der Waals surface area contributed by atoms with Crippen LogP contribution in [0.1, 0.15) is 28.4 Å². The van der Waals surface area contributed by atoms with Crippen molar-refractivity contribution in [2.75, 3.05) is 11.9 Å². The number of ether oxygens (including phenoxy) is 1. The van der Waals surface area contributed by atoms with E-state index in [1.165, 1.54) is 18.2 Å². The predicted molar refractivity (Wildman–Crippen MR) is 123 cm³/mol. The van der Waals surface area contributed by atoms with Crippen LogP contribution in [-0.4, -0.2) is 24.1 Å². The van der Waals surface area contributed by atoms with Crippen LogP contribution in [0, 0.1) is 12.7 Å². The summed E-state index contributed by atoms with van der Waals surface area (Å²) in [6.45, 7) is 3.38. The number of amides is 2. The molecule has 6 nitrogen and oxygen atoms in total. The van der Waals surface area contributed by atoms with Gasteiger partial charge in [-0.2, -0.15) is 5.10 Å². The van der Waals surface area contributed by atoms with Crippen LogP contribution in [0.15, 0.2) is 71.8 Å². The second kappa shape index (κ2) is 10.5. The van der Waals surface area contributed by atoms with Gasteiger partial charge in [0.15, 0.2) is 6.61 Å². The minimum Gasteiger partial charge on any atom is -0.484 e. The second-order valence-corrected chi connectivity index (χ2v) is 7.35. The molecule has 0 aromatic heterocycles. The first-order valence-electron chi connectivity index (χ1n) is 9.72. The SMILES string of the molecule is CC(=NNC(=O)COc1ccc(Cl)c(C)c1)c1ccc(NC(=O)c2ccccc2F)cc1. The van der Waals surface area contributed by atoms with Gasteiger partial charge < -0.3 is 10.1 Å². The molecule has 0 aliphatic rings. The molecule has 0 aliphatic carbocycles. The second-order valence-electron chi connectivity index (χ2n) is 6.94. The van der Waals surface area contributed by atoms with Crippen molar-refractivity contribution in [3.63, 3.8) is 0 Å². The fourth-order valence-electron chi connectivity index (χ4n) is 2.74. The van der Waals surface area contributed by atoms with Crippen LogP contribution in [0.4, 0.5) is 10.1 Å². The number of hydrogen-bond acceptors (Lipinski definition) is 4. The summed E-state index contributed by atoms with van der Waals surface area (Å²) in [5.74, 6) is -0.999. The van der Waals surface area contributed by atoms with E-state index < -0.39 is 17.6 Å². The lowest BCUT2D eigenvalue weighted by atomic mass is 10.1. The van der Waals surface area contributed by atoms with Crippen molar-refractivity contribution >= 4 is 34.8 Å². The molecule has 0 fully saturated rings. The Morgan fingerprint density at radius 1 is 1.06 bits per heavy atom. The standard InChI is InChI=1S/C24H21ClFN3O3/c1-15-13-19(11-12-21(15)25)32-14-23(30)29-28-16(2)17-7-9-18(10-8-17)27-24(31)20-5-3-4-6-22(20)26/h3-13H,14H2,1-2H3,(H,27,31)(H,29,30). The predicted octanol–water partition coefficient (Wildman–Crippen LogP) is 4.96. The van der Waals surface area contributed by atoms with E-state index in [2.05, 4.69) is 15.8 Å². The van der Waals surface area contributed by atoms with Crippen molar-refractivity contribution in [1.82, 2.24) is 5.43 Å². The molecular formula is C24H21ClFN3O3. The van der Waals surface area contributed by atoms with Gasteiger partial charge in [-0.15, -0.1) is 0 Å². The zero-order valence-corrected chi connectivity index (χ0v) is 18.2. The maximum Gasteiger partial charge on any atom is 0.277 e. The van der Waals surface area contributed by atoms with Gasteiger partial charge >= 0.3 is 0 Å². The largest absolute Gasteiger partial charge is 0.484 e. The van der Waals surface area contributed by atoms with E-state index in [-0.39, 0.29) is 12.2 Å². The third-order valence-electron chi connectivity index (χ3n) is 4.53. The Morgan fingerprint density at radius 3 is 2.47 bits per heavy atom. The lowest BCUT2D eigenvalue weighted by Crippen LogP contribution is -2.25. The van der Waals surface area contributed by atoms with Crippen LogP contribution in [0.3, 0.4) is 0 Å². The van der Waals surface area contributed by atoms with Gasteiger partial charge in [-0.05, 0) is 67.4 Å². The molecule has 0 spiro atoms. The molecule has 0 saturated carbocycles. The van der Waals surface area contributed by atoms with Crippen LogP contribution in [0.5, 0.6) is 5.75 Å². The fourth-order valence-corrected chi connectivity index (χ4v) is 2.85. The summed E-state index contributed by atoms with van der Waals surface area (Å²) in [7, 11) is 0. The van der Waals surface area contributed by atoms with Gasteiger partial charge in [-0.3, -0.25) is 9.59 Å².